The van der Waals surface area contributed by atoms with E-state index < -0.39 is 24.4 Å². The average molecular weight is 552 g/mol. The zero-order valence-electron chi connectivity index (χ0n) is 22.0. The van der Waals surface area contributed by atoms with Gasteiger partial charge in [0.15, 0.2) is 5.69 Å². The van der Waals surface area contributed by atoms with Gasteiger partial charge in [-0.15, -0.1) is 0 Å². The van der Waals surface area contributed by atoms with Crippen LogP contribution in [0.1, 0.15) is 40.8 Å². The molecule has 2 aromatic heterocycles. The Morgan fingerprint density at radius 2 is 1.77 bits per heavy atom. The van der Waals surface area contributed by atoms with E-state index in [1.807, 2.05) is 42.5 Å². The standard InChI is InChI=1S/C30H28F3N3O4/c1-3-39-29(38)27-21(14-8-16-40-24-15-6-10-18-9-4-5-11-19(18)24)20-12-7-13-22(26(20)34-27)25-23(17-37)35-36(2)28(25)30(31,32)33/h4-7,9-13,15,34,37H,3,8,14,16-17H2,1-2H3. The molecule has 7 nitrogen and oxygen atoms in total. The highest BCUT2D eigenvalue weighted by molar-refractivity contribution is 6.04. The number of hydrogen-bond acceptors (Lipinski definition) is 5. The fourth-order valence-corrected chi connectivity index (χ4v) is 5.17. The van der Waals surface area contributed by atoms with Crippen molar-refractivity contribution in [2.24, 2.45) is 7.05 Å². The van der Waals surface area contributed by atoms with Crippen molar-refractivity contribution in [2.45, 2.75) is 32.5 Å². The van der Waals surface area contributed by atoms with Crippen LogP contribution in [-0.2, 0) is 31.0 Å². The predicted molar refractivity (Wildman–Crippen MR) is 145 cm³/mol. The normalized spacial score (nSPS) is 11.8. The minimum Gasteiger partial charge on any atom is -0.493 e. The number of hydrogen-bond donors (Lipinski definition) is 2. The molecule has 0 saturated carbocycles. The molecular formula is C30H28F3N3O4. The first-order valence-corrected chi connectivity index (χ1v) is 12.9. The number of esters is 1. The second-order valence-electron chi connectivity index (χ2n) is 9.31. The van der Waals surface area contributed by atoms with Crippen LogP contribution in [0.5, 0.6) is 5.75 Å². The number of benzene rings is 3. The van der Waals surface area contributed by atoms with E-state index in [0.717, 1.165) is 21.2 Å². The van der Waals surface area contributed by atoms with E-state index in [1.54, 1.807) is 19.1 Å². The predicted octanol–water partition coefficient (Wildman–Crippen LogP) is 6.42. The van der Waals surface area contributed by atoms with Crippen molar-refractivity contribution in [3.8, 4) is 16.9 Å². The number of carbonyl (C=O) groups is 1. The summed E-state index contributed by atoms with van der Waals surface area (Å²) in [5.41, 5.74) is -0.00148. The SMILES string of the molecule is CCOC(=O)c1[nH]c2c(-c3c(CO)nn(C)c3C(F)(F)F)cccc2c1CCCOc1cccc2ccccc12. The number of H-pyrrole nitrogens is 1. The summed E-state index contributed by atoms with van der Waals surface area (Å²) in [6.45, 7) is 1.50. The minimum absolute atomic E-state index is 0.111. The first-order valence-electron chi connectivity index (χ1n) is 12.9. The van der Waals surface area contributed by atoms with Crippen molar-refractivity contribution in [2.75, 3.05) is 13.2 Å². The summed E-state index contributed by atoms with van der Waals surface area (Å²) in [5.74, 6) is 0.150. The second kappa shape index (κ2) is 11.1. The second-order valence-corrected chi connectivity index (χ2v) is 9.31. The highest BCUT2D eigenvalue weighted by Gasteiger charge is 2.40. The maximum atomic E-state index is 14.1. The lowest BCUT2D eigenvalue weighted by molar-refractivity contribution is -0.143. The Labute approximate surface area is 228 Å². The third-order valence-electron chi connectivity index (χ3n) is 6.81. The van der Waals surface area contributed by atoms with E-state index in [4.69, 9.17) is 9.47 Å². The summed E-state index contributed by atoms with van der Waals surface area (Å²) in [6.07, 6.45) is -3.77. The lowest BCUT2D eigenvalue weighted by atomic mass is 9.98. The van der Waals surface area contributed by atoms with Crippen LogP contribution in [0.2, 0.25) is 0 Å². The molecule has 10 heteroatoms. The highest BCUT2D eigenvalue weighted by Crippen LogP contribution is 2.42. The quantitative estimate of drug-likeness (QED) is 0.163. The van der Waals surface area contributed by atoms with Gasteiger partial charge in [-0.25, -0.2) is 4.79 Å². The lowest BCUT2D eigenvalue weighted by Gasteiger charge is -2.12. The lowest BCUT2D eigenvalue weighted by Crippen LogP contribution is -2.13. The van der Waals surface area contributed by atoms with E-state index in [0.29, 0.717) is 35.9 Å². The van der Waals surface area contributed by atoms with Crippen LogP contribution in [-0.4, -0.2) is 39.1 Å². The van der Waals surface area contributed by atoms with Gasteiger partial charge in [-0.1, -0.05) is 54.6 Å². The van der Waals surface area contributed by atoms with Gasteiger partial charge in [0.05, 0.1) is 31.0 Å². The van der Waals surface area contributed by atoms with E-state index in [1.165, 1.54) is 13.1 Å². The summed E-state index contributed by atoms with van der Waals surface area (Å²) >= 11 is 0. The summed E-state index contributed by atoms with van der Waals surface area (Å²) < 4.78 is 54.2. The maximum Gasteiger partial charge on any atom is 0.433 e. The summed E-state index contributed by atoms with van der Waals surface area (Å²) in [5, 5.41) is 16.4. The molecule has 0 radical (unpaired) electrons. The molecule has 0 aliphatic rings. The summed E-state index contributed by atoms with van der Waals surface area (Å²) in [4.78, 5) is 16.0. The maximum absolute atomic E-state index is 14.1. The van der Waals surface area contributed by atoms with Crippen molar-refractivity contribution in [3.63, 3.8) is 0 Å². The Hall–Kier alpha value is -4.31. The number of aryl methyl sites for hydroxylation is 2. The van der Waals surface area contributed by atoms with Crippen LogP contribution >= 0.6 is 0 Å². The number of rotatable bonds is 9. The Bertz CT molecular complexity index is 1680. The van der Waals surface area contributed by atoms with E-state index in [9.17, 15) is 23.1 Å². The smallest absolute Gasteiger partial charge is 0.433 e. The zero-order valence-corrected chi connectivity index (χ0v) is 22.0. The number of nitrogens with zero attached hydrogens (tertiary/aromatic N) is 2. The molecule has 208 valence electrons. The molecule has 0 amide bonds. The molecule has 0 aliphatic heterocycles. The average Bonchev–Trinajstić information content (AvgIpc) is 3.48. The van der Waals surface area contributed by atoms with Crippen molar-refractivity contribution >= 4 is 27.6 Å². The Kier molecular flexibility index (Phi) is 7.53. The van der Waals surface area contributed by atoms with Crippen molar-refractivity contribution < 1.29 is 32.5 Å². The Morgan fingerprint density at radius 1 is 1.05 bits per heavy atom. The fraction of sp³-hybridized carbons (Fsp3) is 0.267. The fourth-order valence-electron chi connectivity index (χ4n) is 5.17. The number of fused-ring (bicyclic) bond motifs is 2. The van der Waals surface area contributed by atoms with E-state index in [-0.39, 0.29) is 29.1 Å². The Balaban J connectivity index is 1.52. The molecule has 0 aliphatic carbocycles. The Morgan fingerprint density at radius 3 is 2.52 bits per heavy atom. The van der Waals surface area contributed by atoms with E-state index >= 15 is 0 Å². The van der Waals surface area contributed by atoms with Gasteiger partial charge in [0.25, 0.3) is 0 Å². The minimum atomic E-state index is -4.72. The number of nitrogens with one attached hydrogen (secondary N) is 1. The number of carbonyl (C=O) groups excluding carboxylic acids is 1. The van der Waals surface area contributed by atoms with Gasteiger partial charge in [0.1, 0.15) is 11.4 Å². The first kappa shape index (κ1) is 27.3. The molecule has 0 spiro atoms. The summed E-state index contributed by atoms with van der Waals surface area (Å²) in [6, 6.07) is 18.6. The molecule has 0 fully saturated rings. The van der Waals surface area contributed by atoms with Crippen LogP contribution < -0.4 is 4.74 Å². The zero-order chi connectivity index (χ0) is 28.4. The van der Waals surface area contributed by atoms with Crippen LogP contribution in [0.25, 0.3) is 32.8 Å². The molecule has 0 bridgehead atoms. The molecule has 0 saturated heterocycles. The number of aromatic amines is 1. The number of para-hydroxylation sites is 1. The van der Waals surface area contributed by atoms with Gasteiger partial charge in [-0.2, -0.15) is 18.3 Å². The molecule has 5 rings (SSSR count). The number of aliphatic hydroxyl groups excluding tert-OH is 1. The molecular weight excluding hydrogens is 523 g/mol. The number of aliphatic hydroxyl groups is 1. The molecule has 3 aromatic carbocycles. The third-order valence-corrected chi connectivity index (χ3v) is 6.81. The third kappa shape index (κ3) is 5.02. The molecule has 0 atom stereocenters. The van der Waals surface area contributed by atoms with Crippen molar-refractivity contribution in [3.05, 3.63) is 83.3 Å². The number of alkyl halides is 3. The molecule has 0 unspecified atom stereocenters. The van der Waals surface area contributed by atoms with Gasteiger partial charge in [-0.3, -0.25) is 4.68 Å². The molecule has 2 N–H and O–H groups in total. The topological polar surface area (TPSA) is 89.4 Å². The molecule has 5 aromatic rings. The van der Waals surface area contributed by atoms with Crippen LogP contribution in [0.15, 0.2) is 60.7 Å². The van der Waals surface area contributed by atoms with E-state index in [2.05, 4.69) is 10.1 Å². The van der Waals surface area contributed by atoms with Crippen LogP contribution in [0.4, 0.5) is 13.2 Å². The van der Waals surface area contributed by atoms with Crippen LogP contribution in [0, 0.1) is 0 Å². The van der Waals surface area contributed by atoms with Gasteiger partial charge in [0.2, 0.25) is 0 Å². The van der Waals surface area contributed by atoms with Crippen molar-refractivity contribution in [1.82, 2.24) is 14.8 Å². The number of halogens is 3. The van der Waals surface area contributed by atoms with Gasteiger partial charge < -0.3 is 19.6 Å². The summed E-state index contributed by atoms with van der Waals surface area (Å²) in [7, 11) is 1.19. The van der Waals surface area contributed by atoms with Gasteiger partial charge in [0, 0.05) is 28.9 Å². The van der Waals surface area contributed by atoms with Gasteiger partial charge >= 0.3 is 12.1 Å². The molecule has 2 heterocycles. The molecule has 40 heavy (non-hydrogen) atoms. The largest absolute Gasteiger partial charge is 0.493 e. The number of aromatic nitrogens is 3. The van der Waals surface area contributed by atoms with Crippen molar-refractivity contribution in [1.29, 1.82) is 0 Å². The van der Waals surface area contributed by atoms with Crippen LogP contribution in [0.3, 0.4) is 0 Å². The number of ether oxygens (including phenoxy) is 2. The van der Waals surface area contributed by atoms with Gasteiger partial charge in [-0.05, 0) is 36.8 Å². The monoisotopic (exact) mass is 551 g/mol. The first-order chi connectivity index (χ1) is 19.2. The highest BCUT2D eigenvalue weighted by atomic mass is 19.4.